The topological polar surface area (TPSA) is 3.24 Å². The van der Waals surface area contributed by atoms with Gasteiger partial charge in [-0.05, 0) is 43.4 Å². The molecule has 1 fully saturated rings. The Morgan fingerprint density at radius 1 is 1.30 bits per heavy atom. The maximum absolute atomic E-state index is 3.80. The Bertz CT molecular complexity index is 535. The van der Waals surface area contributed by atoms with Crippen LogP contribution in [0.5, 0.6) is 0 Å². The van der Waals surface area contributed by atoms with Crippen LogP contribution in [0.25, 0.3) is 6.08 Å². The Balaban J connectivity index is 1.66. The number of allylic oxidation sites excluding steroid dienone is 4. The van der Waals surface area contributed by atoms with E-state index in [1.165, 1.54) is 24.0 Å². The van der Waals surface area contributed by atoms with E-state index in [1.807, 2.05) is 6.08 Å². The minimum Gasteiger partial charge on any atom is -0.372 e. The summed E-state index contributed by atoms with van der Waals surface area (Å²) in [5.41, 5.74) is 4.17. The Morgan fingerprint density at radius 3 is 2.85 bits per heavy atom. The molecule has 1 heterocycles. The number of nitrogens with zero attached hydrogens (tertiary/aromatic N) is 1. The van der Waals surface area contributed by atoms with Gasteiger partial charge >= 0.3 is 0 Å². The lowest BCUT2D eigenvalue weighted by Gasteiger charge is -2.27. The fourth-order valence-electron chi connectivity index (χ4n) is 3.43. The van der Waals surface area contributed by atoms with Crippen molar-refractivity contribution < 1.29 is 0 Å². The first-order valence-electron chi connectivity index (χ1n) is 7.62. The highest BCUT2D eigenvalue weighted by molar-refractivity contribution is 5.47. The van der Waals surface area contributed by atoms with Crippen molar-refractivity contribution in [2.24, 2.45) is 5.92 Å². The molecule has 1 aliphatic carbocycles. The van der Waals surface area contributed by atoms with E-state index >= 15 is 0 Å². The number of hydrogen-bond acceptors (Lipinski definition) is 1. The van der Waals surface area contributed by atoms with E-state index in [0.29, 0.717) is 6.04 Å². The maximum atomic E-state index is 3.80. The first kappa shape index (κ1) is 13.2. The lowest BCUT2D eigenvalue weighted by Crippen LogP contribution is -2.28. The van der Waals surface area contributed by atoms with Gasteiger partial charge < -0.3 is 4.90 Å². The van der Waals surface area contributed by atoms with Gasteiger partial charge in [0.05, 0.1) is 0 Å². The molecular formula is C19H23N. The van der Waals surface area contributed by atoms with Gasteiger partial charge in [-0.2, -0.15) is 0 Å². The number of likely N-dealkylation sites (tertiary alicyclic amines) is 1. The van der Waals surface area contributed by atoms with Crippen molar-refractivity contribution in [1.82, 2.24) is 4.90 Å². The van der Waals surface area contributed by atoms with Crippen LogP contribution in [0.1, 0.15) is 30.9 Å². The highest BCUT2D eigenvalue weighted by Crippen LogP contribution is 2.37. The molecule has 0 amide bonds. The normalized spacial score (nSPS) is 24.4. The molecule has 0 saturated carbocycles. The van der Waals surface area contributed by atoms with Crippen molar-refractivity contribution in [1.29, 1.82) is 0 Å². The van der Waals surface area contributed by atoms with Crippen LogP contribution in [0.4, 0.5) is 0 Å². The first-order chi connectivity index (χ1) is 9.78. The van der Waals surface area contributed by atoms with Crippen molar-refractivity contribution >= 4 is 6.08 Å². The largest absolute Gasteiger partial charge is 0.372 e. The summed E-state index contributed by atoms with van der Waals surface area (Å²) < 4.78 is 0. The average molecular weight is 265 g/mol. The Kier molecular flexibility index (Phi) is 3.77. The van der Waals surface area contributed by atoms with Gasteiger partial charge in [-0.25, -0.2) is 0 Å². The molecule has 0 radical (unpaired) electrons. The first-order valence-corrected chi connectivity index (χ1v) is 7.62. The number of benzene rings is 1. The second kappa shape index (κ2) is 5.70. The molecule has 2 unspecified atom stereocenters. The molecule has 2 atom stereocenters. The summed E-state index contributed by atoms with van der Waals surface area (Å²) in [6.45, 7) is 7.29. The quantitative estimate of drug-likeness (QED) is 0.778. The SMILES string of the molecule is C=Cc1ccc(CCN2C3=CC=CCC3CC2C)cc1. The van der Waals surface area contributed by atoms with Gasteiger partial charge in [0, 0.05) is 24.2 Å². The Morgan fingerprint density at radius 2 is 2.10 bits per heavy atom. The zero-order valence-corrected chi connectivity index (χ0v) is 12.3. The number of fused-ring (bicyclic) bond motifs is 1. The zero-order chi connectivity index (χ0) is 13.9. The summed E-state index contributed by atoms with van der Waals surface area (Å²) in [5.74, 6) is 0.762. The molecule has 1 heteroatoms. The summed E-state index contributed by atoms with van der Waals surface area (Å²) in [5, 5.41) is 0. The third-order valence-electron chi connectivity index (χ3n) is 4.59. The summed E-state index contributed by atoms with van der Waals surface area (Å²) in [7, 11) is 0. The molecular weight excluding hydrogens is 242 g/mol. The standard InChI is InChI=1S/C19H23N/c1-3-16-8-10-17(11-9-16)12-13-20-15(2)14-18-6-4-5-7-19(18)20/h3-5,7-11,15,18H,1,6,12-14H2,2H3. The van der Waals surface area contributed by atoms with Crippen molar-refractivity contribution in [2.45, 2.75) is 32.2 Å². The molecule has 0 spiro atoms. The average Bonchev–Trinajstić information content (AvgIpc) is 2.81. The van der Waals surface area contributed by atoms with Crippen molar-refractivity contribution in [3.63, 3.8) is 0 Å². The van der Waals surface area contributed by atoms with Gasteiger partial charge in [0.25, 0.3) is 0 Å². The van der Waals surface area contributed by atoms with Crippen molar-refractivity contribution in [3.05, 3.63) is 65.9 Å². The fourth-order valence-corrected chi connectivity index (χ4v) is 3.43. The maximum Gasteiger partial charge on any atom is 0.0265 e. The van der Waals surface area contributed by atoms with E-state index in [0.717, 1.165) is 18.9 Å². The van der Waals surface area contributed by atoms with Crippen LogP contribution < -0.4 is 0 Å². The van der Waals surface area contributed by atoms with E-state index < -0.39 is 0 Å². The van der Waals surface area contributed by atoms with Crippen LogP contribution >= 0.6 is 0 Å². The van der Waals surface area contributed by atoms with Gasteiger partial charge in [0.15, 0.2) is 0 Å². The predicted octanol–water partition coefficient (Wildman–Crippen LogP) is 4.43. The van der Waals surface area contributed by atoms with Crippen LogP contribution in [0.2, 0.25) is 0 Å². The zero-order valence-electron chi connectivity index (χ0n) is 12.3. The lowest BCUT2D eigenvalue weighted by molar-refractivity contribution is 0.314. The molecule has 0 N–H and O–H groups in total. The highest BCUT2D eigenvalue weighted by atomic mass is 15.2. The van der Waals surface area contributed by atoms with E-state index in [9.17, 15) is 0 Å². The molecule has 20 heavy (non-hydrogen) atoms. The van der Waals surface area contributed by atoms with Crippen LogP contribution in [-0.4, -0.2) is 17.5 Å². The molecule has 1 aromatic rings. The minimum atomic E-state index is 0.679. The van der Waals surface area contributed by atoms with Crippen molar-refractivity contribution in [3.8, 4) is 0 Å². The summed E-state index contributed by atoms with van der Waals surface area (Å²) in [6.07, 6.45) is 12.4. The monoisotopic (exact) mass is 265 g/mol. The third kappa shape index (κ3) is 2.58. The van der Waals surface area contributed by atoms with Gasteiger partial charge in [-0.3, -0.25) is 0 Å². The molecule has 1 nitrogen and oxygen atoms in total. The van der Waals surface area contributed by atoms with Crippen molar-refractivity contribution in [2.75, 3.05) is 6.54 Å². The Hall–Kier alpha value is -1.76. The second-order valence-corrected chi connectivity index (χ2v) is 5.93. The third-order valence-corrected chi connectivity index (χ3v) is 4.59. The molecule has 0 aromatic heterocycles. The van der Waals surface area contributed by atoms with E-state index in [1.54, 1.807) is 5.70 Å². The highest BCUT2D eigenvalue weighted by Gasteiger charge is 2.32. The molecule has 1 saturated heterocycles. The summed E-state index contributed by atoms with van der Waals surface area (Å²) in [4.78, 5) is 2.61. The molecule has 1 aromatic carbocycles. The lowest BCUT2D eigenvalue weighted by atomic mass is 9.96. The number of rotatable bonds is 4. The van der Waals surface area contributed by atoms with Gasteiger partial charge in [0.1, 0.15) is 0 Å². The van der Waals surface area contributed by atoms with E-state index in [-0.39, 0.29) is 0 Å². The molecule has 104 valence electrons. The van der Waals surface area contributed by atoms with Crippen LogP contribution in [0.15, 0.2) is 54.8 Å². The molecule has 1 aliphatic heterocycles. The summed E-state index contributed by atoms with van der Waals surface area (Å²) in [6, 6.07) is 9.44. The van der Waals surface area contributed by atoms with Crippen LogP contribution in [-0.2, 0) is 6.42 Å². The molecule has 3 rings (SSSR count). The molecule has 2 aliphatic rings. The van der Waals surface area contributed by atoms with Gasteiger partial charge in [0.2, 0.25) is 0 Å². The van der Waals surface area contributed by atoms with Gasteiger partial charge in [-0.1, -0.05) is 49.1 Å². The Labute approximate surface area is 122 Å². The number of hydrogen-bond donors (Lipinski definition) is 0. The minimum absolute atomic E-state index is 0.679. The second-order valence-electron chi connectivity index (χ2n) is 5.93. The summed E-state index contributed by atoms with van der Waals surface area (Å²) >= 11 is 0. The predicted molar refractivity (Wildman–Crippen MR) is 86.4 cm³/mol. The van der Waals surface area contributed by atoms with Crippen LogP contribution in [0, 0.1) is 5.92 Å². The van der Waals surface area contributed by atoms with E-state index in [2.05, 4.69) is 60.9 Å². The van der Waals surface area contributed by atoms with E-state index in [4.69, 9.17) is 0 Å². The smallest absolute Gasteiger partial charge is 0.0265 e. The van der Waals surface area contributed by atoms with Gasteiger partial charge in [-0.15, -0.1) is 0 Å². The fraction of sp³-hybridized carbons (Fsp3) is 0.368. The molecule has 0 bridgehead atoms. The van der Waals surface area contributed by atoms with Crippen LogP contribution in [0.3, 0.4) is 0 Å².